The molecule has 8 nitrogen and oxygen atoms in total. The van der Waals surface area contributed by atoms with Crippen LogP contribution in [0.4, 0.5) is 16.2 Å². The van der Waals surface area contributed by atoms with Crippen molar-refractivity contribution in [3.63, 3.8) is 0 Å². The summed E-state index contributed by atoms with van der Waals surface area (Å²) >= 11 is 16.3. The number of benzene rings is 2. The van der Waals surface area contributed by atoms with Crippen molar-refractivity contribution in [2.45, 2.75) is 0 Å². The van der Waals surface area contributed by atoms with Crippen LogP contribution in [0.2, 0.25) is 10.0 Å². The van der Waals surface area contributed by atoms with Crippen molar-refractivity contribution < 1.29 is 9.53 Å². The van der Waals surface area contributed by atoms with Crippen molar-refractivity contribution in [2.24, 2.45) is 0 Å². The van der Waals surface area contributed by atoms with E-state index >= 15 is 0 Å². The number of methoxy groups -OCH3 is 1. The lowest BCUT2D eigenvalue weighted by atomic mass is 10.1. The number of nitrogens with zero attached hydrogens (tertiary/aromatic N) is 4. The van der Waals surface area contributed by atoms with E-state index in [1.165, 1.54) is 7.11 Å². The number of carbonyl (C=O) groups excluding carboxylic acids is 1. The molecule has 0 bridgehead atoms. The minimum atomic E-state index is -0.523. The van der Waals surface area contributed by atoms with Crippen LogP contribution in [0, 0.1) is 0 Å². The van der Waals surface area contributed by atoms with Gasteiger partial charge in [0.25, 0.3) is 0 Å². The Hall–Kier alpha value is -3.01. The third-order valence-corrected chi connectivity index (χ3v) is 5.02. The Morgan fingerprint density at radius 3 is 2.57 bits per heavy atom. The summed E-state index contributed by atoms with van der Waals surface area (Å²) in [7, 11) is 1.51. The second-order valence-corrected chi connectivity index (χ2v) is 7.43. The Kier molecular flexibility index (Phi) is 5.67. The van der Waals surface area contributed by atoms with Gasteiger partial charge in [0.05, 0.1) is 30.7 Å². The molecule has 2 heterocycles. The van der Waals surface area contributed by atoms with Crippen molar-refractivity contribution in [3.8, 4) is 17.1 Å². The Bertz CT molecular complexity index is 1200. The second kappa shape index (κ2) is 8.39. The van der Waals surface area contributed by atoms with Crippen molar-refractivity contribution in [2.75, 3.05) is 16.7 Å². The lowest BCUT2D eigenvalue weighted by molar-refractivity contribution is 0.260. The molecule has 11 heteroatoms. The maximum atomic E-state index is 12.7. The lowest BCUT2D eigenvalue weighted by Gasteiger charge is -2.20. The van der Waals surface area contributed by atoms with E-state index in [2.05, 4.69) is 38.3 Å². The fraction of sp³-hybridized carbons (Fsp3) is 0.0526. The number of thiol groups is 1. The lowest BCUT2D eigenvalue weighted by Crippen LogP contribution is -2.27. The molecule has 0 spiro atoms. The molecule has 0 saturated heterocycles. The summed E-state index contributed by atoms with van der Waals surface area (Å²) in [6, 6.07) is 9.48. The predicted molar refractivity (Wildman–Crippen MR) is 121 cm³/mol. The summed E-state index contributed by atoms with van der Waals surface area (Å²) in [5.41, 5.74) is 3.00. The summed E-state index contributed by atoms with van der Waals surface area (Å²) in [6.45, 7) is 0. The van der Waals surface area contributed by atoms with E-state index < -0.39 is 6.03 Å². The van der Waals surface area contributed by atoms with E-state index in [0.29, 0.717) is 38.5 Å². The van der Waals surface area contributed by atoms with Gasteiger partial charge in [-0.3, -0.25) is 0 Å². The van der Waals surface area contributed by atoms with Gasteiger partial charge in [0.1, 0.15) is 17.1 Å². The molecule has 0 aliphatic carbocycles. The van der Waals surface area contributed by atoms with Gasteiger partial charge in [-0.1, -0.05) is 36.0 Å². The summed E-state index contributed by atoms with van der Waals surface area (Å²) in [5.74, 6) is 1.04. The first-order chi connectivity index (χ1) is 14.4. The number of anilines is 2. The molecule has 4 rings (SSSR count). The smallest absolute Gasteiger partial charge is 0.336 e. The molecule has 152 valence electrons. The summed E-state index contributed by atoms with van der Waals surface area (Å²) in [6.07, 6.45) is 3.15. The van der Waals surface area contributed by atoms with E-state index in [0.717, 1.165) is 15.4 Å². The Morgan fingerprint density at radius 1 is 1.13 bits per heavy atom. The van der Waals surface area contributed by atoms with Crippen LogP contribution in [0.3, 0.4) is 0 Å². The molecule has 0 saturated carbocycles. The van der Waals surface area contributed by atoms with Crippen molar-refractivity contribution in [1.29, 1.82) is 0 Å². The first-order valence-electron chi connectivity index (χ1n) is 8.55. The van der Waals surface area contributed by atoms with Gasteiger partial charge in [-0.25, -0.2) is 14.1 Å². The minimum absolute atomic E-state index is 0.400. The summed E-state index contributed by atoms with van der Waals surface area (Å²) < 4.78 is 6.52. The van der Waals surface area contributed by atoms with Gasteiger partial charge in [-0.2, -0.15) is 10.2 Å². The fourth-order valence-corrected chi connectivity index (χ4v) is 3.56. The van der Waals surface area contributed by atoms with Crippen LogP contribution in [0.15, 0.2) is 48.8 Å². The Balaban J connectivity index is 1.66. The summed E-state index contributed by atoms with van der Waals surface area (Å²) in [5, 5.41) is 11.2. The van der Waals surface area contributed by atoms with Gasteiger partial charge in [0, 0.05) is 21.3 Å². The number of ether oxygens (including phenoxy) is 1. The number of aromatic nitrogens is 4. The molecule has 0 aliphatic heterocycles. The van der Waals surface area contributed by atoms with Gasteiger partial charge in [-0.05, 0) is 36.4 Å². The monoisotopic (exact) mass is 460 g/mol. The average Bonchev–Trinajstić information content (AvgIpc) is 3.16. The van der Waals surface area contributed by atoms with Gasteiger partial charge in [-0.15, -0.1) is 0 Å². The SMILES string of the molecule is COc1ccc(-c2nc3cnncc3[nH]2)cc1N(S)C(=O)Nc1cc(Cl)cc(Cl)c1. The number of aromatic amines is 1. The molecule has 2 aromatic carbocycles. The first-order valence-corrected chi connectivity index (χ1v) is 9.71. The number of urea groups is 1. The predicted octanol–water partition coefficient (Wildman–Crippen LogP) is 5.22. The zero-order chi connectivity index (χ0) is 21.3. The zero-order valence-electron chi connectivity index (χ0n) is 15.4. The third-order valence-electron chi connectivity index (χ3n) is 4.18. The number of rotatable bonds is 4. The molecule has 2 aromatic heterocycles. The fourth-order valence-electron chi connectivity index (χ4n) is 2.83. The van der Waals surface area contributed by atoms with Crippen LogP contribution in [0.5, 0.6) is 5.75 Å². The van der Waals surface area contributed by atoms with Gasteiger partial charge >= 0.3 is 6.03 Å². The number of halogens is 2. The highest BCUT2D eigenvalue weighted by molar-refractivity contribution is 7.82. The van der Waals surface area contributed by atoms with Crippen LogP contribution < -0.4 is 14.4 Å². The highest BCUT2D eigenvalue weighted by Crippen LogP contribution is 2.34. The normalized spacial score (nSPS) is 10.8. The van der Waals surface area contributed by atoms with Crippen LogP contribution in [0.1, 0.15) is 0 Å². The van der Waals surface area contributed by atoms with E-state index in [1.54, 1.807) is 42.7 Å². The molecule has 4 aromatic rings. The maximum Gasteiger partial charge on any atom is 0.336 e. The number of fused-ring (bicyclic) bond motifs is 1. The largest absolute Gasteiger partial charge is 0.495 e. The highest BCUT2D eigenvalue weighted by atomic mass is 35.5. The minimum Gasteiger partial charge on any atom is -0.495 e. The molecule has 0 atom stereocenters. The standard InChI is InChI=1S/C19H14Cl2N6O2S/c1-29-17-3-2-10(18-25-14-8-22-23-9-15(14)26-18)4-16(17)27(30)19(28)24-13-6-11(20)5-12(21)7-13/h2-9,30H,1H3,(H,24,28)(H,25,26). The number of H-pyrrole nitrogens is 1. The Morgan fingerprint density at radius 2 is 1.87 bits per heavy atom. The van der Waals surface area contributed by atoms with E-state index in [9.17, 15) is 4.79 Å². The van der Waals surface area contributed by atoms with Gasteiger partial charge in [0.2, 0.25) is 0 Å². The van der Waals surface area contributed by atoms with E-state index in [4.69, 9.17) is 27.9 Å². The van der Waals surface area contributed by atoms with E-state index in [1.807, 2.05) is 6.07 Å². The average molecular weight is 461 g/mol. The number of amides is 2. The van der Waals surface area contributed by atoms with Crippen molar-refractivity contribution in [3.05, 3.63) is 58.8 Å². The number of carbonyl (C=O) groups is 1. The first kappa shape index (κ1) is 20.3. The molecule has 0 fully saturated rings. The molecule has 0 aliphatic rings. The van der Waals surface area contributed by atoms with Crippen LogP contribution >= 0.6 is 36.0 Å². The summed E-state index contributed by atoms with van der Waals surface area (Å²) in [4.78, 5) is 20.4. The second-order valence-electron chi connectivity index (χ2n) is 6.16. The van der Waals surface area contributed by atoms with Crippen molar-refractivity contribution >= 4 is 64.5 Å². The molecule has 0 radical (unpaired) electrons. The van der Waals surface area contributed by atoms with Crippen LogP contribution in [0.25, 0.3) is 22.4 Å². The Labute approximate surface area is 186 Å². The molecule has 0 unspecified atom stereocenters. The highest BCUT2D eigenvalue weighted by Gasteiger charge is 2.19. The topological polar surface area (TPSA) is 96.0 Å². The van der Waals surface area contributed by atoms with Crippen molar-refractivity contribution in [1.82, 2.24) is 20.2 Å². The molecule has 30 heavy (non-hydrogen) atoms. The van der Waals surface area contributed by atoms with Crippen LogP contribution in [-0.4, -0.2) is 33.3 Å². The van der Waals surface area contributed by atoms with Crippen LogP contribution in [-0.2, 0) is 0 Å². The molecule has 2 amide bonds. The maximum absolute atomic E-state index is 12.7. The molecule has 2 N–H and O–H groups in total. The van der Waals surface area contributed by atoms with Gasteiger partial charge in [0.15, 0.2) is 0 Å². The number of hydrogen-bond donors (Lipinski definition) is 3. The molecular formula is C19H14Cl2N6O2S. The number of hydrogen-bond acceptors (Lipinski definition) is 6. The molecular weight excluding hydrogens is 447 g/mol. The number of nitrogens with one attached hydrogen (secondary N) is 2. The quantitative estimate of drug-likeness (QED) is 0.362. The van der Waals surface area contributed by atoms with Gasteiger partial charge < -0.3 is 15.0 Å². The van der Waals surface area contributed by atoms with E-state index in [-0.39, 0.29) is 0 Å². The number of imidazole rings is 1. The third kappa shape index (κ3) is 4.13. The zero-order valence-corrected chi connectivity index (χ0v) is 17.8.